The first-order valence-electron chi connectivity index (χ1n) is 19.0. The number of likely N-dealkylation sites (tertiary alicyclic amines) is 1. The summed E-state index contributed by atoms with van der Waals surface area (Å²) in [6.07, 6.45) is 0.568. The molecule has 9 atom stereocenters. The molecule has 4 amide bonds. The van der Waals surface area contributed by atoms with E-state index >= 15 is 0 Å². The molecule has 0 radical (unpaired) electrons. The van der Waals surface area contributed by atoms with Gasteiger partial charge in [-0.05, 0) is 50.3 Å². The zero-order valence-corrected chi connectivity index (χ0v) is 34.2. The summed E-state index contributed by atoms with van der Waals surface area (Å²) >= 11 is 0. The molecule has 296 valence electrons. The van der Waals surface area contributed by atoms with Crippen LogP contribution in [0.2, 0.25) is 0 Å². The van der Waals surface area contributed by atoms with Gasteiger partial charge in [0, 0.05) is 41.5 Å². The maximum Gasteiger partial charge on any atom is 0.245 e. The van der Waals surface area contributed by atoms with E-state index in [1.54, 1.807) is 38.2 Å². The Morgan fingerprint density at radius 2 is 1.54 bits per heavy atom. The quantitative estimate of drug-likeness (QED) is 0.196. The Morgan fingerprint density at radius 1 is 0.904 bits per heavy atom. The summed E-state index contributed by atoms with van der Waals surface area (Å²) in [6.45, 7) is 14.6. The first-order valence-corrected chi connectivity index (χ1v) is 19.0. The second-order valence-corrected chi connectivity index (χ2v) is 15.4. The van der Waals surface area contributed by atoms with Gasteiger partial charge in [-0.1, -0.05) is 85.2 Å². The zero-order chi connectivity index (χ0) is 39.3. The fourth-order valence-corrected chi connectivity index (χ4v) is 7.70. The number of amides is 4. The standard InChI is InChI=1S/C40H69N5O7/c1-14-27(6)36(44(10)40(49)34(25(2)3)42-39(48)35(26(4)5)43(8)9)32(51-12)23-33(46)45-24-30(50-11)22-31(45)37(52-13)28(7)38(47)41-21-20-29-18-16-15-17-19-29/h15-19,25-28,30-32,34-37H,14,20-24H2,1-13H3,(H,41,47)(H,42,48)/t27-,28+,30-,31?,32+,34-,35-,36-,37+/m0/s1. The predicted octanol–water partition coefficient (Wildman–Crippen LogP) is 3.62. The molecule has 1 saturated heterocycles. The van der Waals surface area contributed by atoms with Crippen molar-refractivity contribution in [3.05, 3.63) is 35.9 Å². The van der Waals surface area contributed by atoms with Crippen molar-refractivity contribution in [1.29, 1.82) is 0 Å². The van der Waals surface area contributed by atoms with Crippen molar-refractivity contribution < 1.29 is 33.4 Å². The molecule has 1 unspecified atom stereocenters. The minimum atomic E-state index is -0.758. The molecule has 1 aliphatic rings. The summed E-state index contributed by atoms with van der Waals surface area (Å²) in [5.41, 5.74) is 1.14. The van der Waals surface area contributed by atoms with E-state index in [0.29, 0.717) is 25.9 Å². The van der Waals surface area contributed by atoms with E-state index in [1.807, 2.05) is 97.8 Å². The number of hydrogen-bond donors (Lipinski definition) is 2. The van der Waals surface area contributed by atoms with Crippen LogP contribution < -0.4 is 10.6 Å². The number of nitrogens with zero attached hydrogens (tertiary/aromatic N) is 3. The summed E-state index contributed by atoms with van der Waals surface area (Å²) in [4.78, 5) is 60.6. The second-order valence-electron chi connectivity index (χ2n) is 15.4. The number of benzene rings is 1. The van der Waals surface area contributed by atoms with Crippen LogP contribution in [0.5, 0.6) is 0 Å². The molecule has 1 aliphatic heterocycles. The molecule has 0 aliphatic carbocycles. The normalized spacial score (nSPS) is 20.3. The monoisotopic (exact) mass is 732 g/mol. The molecule has 0 aromatic heterocycles. The van der Waals surface area contributed by atoms with Gasteiger partial charge in [0.25, 0.3) is 0 Å². The van der Waals surface area contributed by atoms with Crippen LogP contribution in [0.25, 0.3) is 0 Å². The van der Waals surface area contributed by atoms with Gasteiger partial charge in [-0.2, -0.15) is 0 Å². The van der Waals surface area contributed by atoms with Crippen LogP contribution in [0.1, 0.15) is 73.3 Å². The lowest BCUT2D eigenvalue weighted by Crippen LogP contribution is -2.59. The highest BCUT2D eigenvalue weighted by atomic mass is 16.5. The third kappa shape index (κ3) is 12.0. The van der Waals surface area contributed by atoms with Gasteiger partial charge in [0.2, 0.25) is 23.6 Å². The fourth-order valence-electron chi connectivity index (χ4n) is 7.70. The summed E-state index contributed by atoms with van der Waals surface area (Å²) in [6, 6.07) is 7.98. The van der Waals surface area contributed by atoms with Gasteiger partial charge in [0.15, 0.2) is 0 Å². The molecule has 12 nitrogen and oxygen atoms in total. The van der Waals surface area contributed by atoms with E-state index in [4.69, 9.17) is 14.2 Å². The Labute approximate surface area is 313 Å². The maximum atomic E-state index is 14.3. The number of rotatable bonds is 21. The molecule has 12 heteroatoms. The van der Waals surface area contributed by atoms with Crippen LogP contribution in [0, 0.1) is 23.7 Å². The molecule has 1 heterocycles. The number of carbonyl (C=O) groups is 4. The number of methoxy groups -OCH3 is 3. The van der Waals surface area contributed by atoms with Gasteiger partial charge >= 0.3 is 0 Å². The topological polar surface area (TPSA) is 130 Å². The van der Waals surface area contributed by atoms with Crippen molar-refractivity contribution in [2.45, 2.75) is 117 Å². The minimum Gasteiger partial charge on any atom is -0.380 e. The first-order chi connectivity index (χ1) is 24.5. The van der Waals surface area contributed by atoms with E-state index in [0.717, 1.165) is 12.0 Å². The van der Waals surface area contributed by atoms with Crippen molar-refractivity contribution in [3.63, 3.8) is 0 Å². The lowest BCUT2D eigenvalue weighted by molar-refractivity contribution is -0.148. The molecule has 0 saturated carbocycles. The molecule has 0 spiro atoms. The Bertz CT molecular complexity index is 1250. The van der Waals surface area contributed by atoms with Crippen LogP contribution in [0.4, 0.5) is 0 Å². The van der Waals surface area contributed by atoms with Gasteiger partial charge < -0.3 is 34.6 Å². The third-order valence-corrected chi connectivity index (χ3v) is 10.8. The van der Waals surface area contributed by atoms with E-state index in [1.165, 1.54) is 0 Å². The van der Waals surface area contributed by atoms with Gasteiger partial charge in [-0.15, -0.1) is 0 Å². The van der Waals surface area contributed by atoms with E-state index in [9.17, 15) is 19.2 Å². The summed E-state index contributed by atoms with van der Waals surface area (Å²) in [7, 11) is 10.2. The van der Waals surface area contributed by atoms with E-state index < -0.39 is 42.3 Å². The Morgan fingerprint density at radius 3 is 2.04 bits per heavy atom. The summed E-state index contributed by atoms with van der Waals surface area (Å²) < 4.78 is 17.7. The molecule has 52 heavy (non-hydrogen) atoms. The van der Waals surface area contributed by atoms with Gasteiger partial charge in [-0.3, -0.25) is 24.1 Å². The van der Waals surface area contributed by atoms with Crippen LogP contribution in [-0.2, 0) is 39.8 Å². The Balaban J connectivity index is 2.29. The van der Waals surface area contributed by atoms with Crippen molar-refractivity contribution in [2.75, 3.05) is 55.6 Å². The number of carbonyl (C=O) groups excluding carboxylic acids is 4. The largest absolute Gasteiger partial charge is 0.380 e. The average Bonchev–Trinajstić information content (AvgIpc) is 3.54. The van der Waals surface area contributed by atoms with Gasteiger partial charge in [0.05, 0.1) is 48.8 Å². The van der Waals surface area contributed by atoms with Crippen LogP contribution in [0.3, 0.4) is 0 Å². The second kappa shape index (κ2) is 21.6. The van der Waals surface area contributed by atoms with E-state index in [-0.39, 0.29) is 53.9 Å². The fraction of sp³-hybridized carbons (Fsp3) is 0.750. The molecule has 1 aromatic rings. The molecule has 2 N–H and O–H groups in total. The number of nitrogens with one attached hydrogen (secondary N) is 2. The van der Waals surface area contributed by atoms with Crippen molar-refractivity contribution in [1.82, 2.24) is 25.3 Å². The number of likely N-dealkylation sites (N-methyl/N-ethyl adjacent to an activating group) is 2. The Kier molecular flexibility index (Phi) is 18.7. The predicted molar refractivity (Wildman–Crippen MR) is 205 cm³/mol. The molecule has 2 rings (SSSR count). The molecule has 0 bridgehead atoms. The van der Waals surface area contributed by atoms with Gasteiger partial charge in [0.1, 0.15) is 6.04 Å². The van der Waals surface area contributed by atoms with E-state index in [2.05, 4.69) is 10.6 Å². The highest BCUT2D eigenvalue weighted by molar-refractivity contribution is 5.90. The van der Waals surface area contributed by atoms with Crippen molar-refractivity contribution in [2.24, 2.45) is 23.7 Å². The first kappa shape index (κ1) is 45.1. The average molecular weight is 732 g/mol. The van der Waals surface area contributed by atoms with Crippen molar-refractivity contribution in [3.8, 4) is 0 Å². The van der Waals surface area contributed by atoms with Crippen LogP contribution >= 0.6 is 0 Å². The SMILES string of the molecule is CC[C@H](C)[C@@H]([C@@H](CC(=O)N1C[C@@H](OC)CC1[C@H](OC)[C@@H](C)C(=O)NCCc1ccccc1)OC)N(C)C(=O)[C@@H](NC(=O)[C@H](C(C)C)N(C)C)C(C)C. The molecular weight excluding hydrogens is 662 g/mol. The lowest BCUT2D eigenvalue weighted by Gasteiger charge is -2.41. The van der Waals surface area contributed by atoms with Crippen LogP contribution in [0.15, 0.2) is 30.3 Å². The Hall–Kier alpha value is -3.06. The summed E-state index contributed by atoms with van der Waals surface area (Å²) in [5.74, 6) is -1.40. The zero-order valence-electron chi connectivity index (χ0n) is 34.2. The molecule has 1 fully saturated rings. The number of hydrogen-bond acceptors (Lipinski definition) is 8. The maximum absolute atomic E-state index is 14.3. The molecular formula is C40H69N5O7. The number of ether oxygens (including phenoxy) is 3. The highest BCUT2D eigenvalue weighted by Gasteiger charge is 2.45. The third-order valence-electron chi connectivity index (χ3n) is 10.8. The summed E-state index contributed by atoms with van der Waals surface area (Å²) in [5, 5.41) is 6.09. The highest BCUT2D eigenvalue weighted by Crippen LogP contribution is 2.31. The van der Waals surface area contributed by atoms with Crippen molar-refractivity contribution >= 4 is 23.6 Å². The van der Waals surface area contributed by atoms with Gasteiger partial charge in [-0.25, -0.2) is 0 Å². The van der Waals surface area contributed by atoms with Crippen LogP contribution in [-0.4, -0.2) is 136 Å². The molecule has 1 aromatic carbocycles. The lowest BCUT2D eigenvalue weighted by atomic mass is 9.89. The smallest absolute Gasteiger partial charge is 0.245 e. The minimum absolute atomic E-state index is 0.0128.